The molecule has 0 spiro atoms. The van der Waals surface area contributed by atoms with Crippen LogP contribution in [0.1, 0.15) is 69.9 Å². The van der Waals surface area contributed by atoms with Crippen molar-refractivity contribution in [1.29, 1.82) is 0 Å². The molecule has 2 aromatic rings. The predicted octanol–water partition coefficient (Wildman–Crippen LogP) is 6.36. The summed E-state index contributed by atoms with van der Waals surface area (Å²) >= 11 is 12.8. The fraction of sp³-hybridized carbons (Fsp3) is 0.481. The van der Waals surface area contributed by atoms with Crippen LogP contribution in [0.25, 0.3) is 0 Å². The Morgan fingerprint density at radius 1 is 1.06 bits per heavy atom. The van der Waals surface area contributed by atoms with Gasteiger partial charge < -0.3 is 15.0 Å². The van der Waals surface area contributed by atoms with Gasteiger partial charge in [0.2, 0.25) is 5.91 Å². The smallest absolute Gasteiger partial charge is 0.261 e. The van der Waals surface area contributed by atoms with Gasteiger partial charge in [0.05, 0.1) is 0 Å². The van der Waals surface area contributed by atoms with Gasteiger partial charge in [-0.2, -0.15) is 0 Å². The van der Waals surface area contributed by atoms with Crippen molar-refractivity contribution in [3.05, 3.63) is 63.6 Å². The van der Waals surface area contributed by atoms with Crippen LogP contribution >= 0.6 is 23.2 Å². The van der Waals surface area contributed by atoms with Gasteiger partial charge in [0.15, 0.2) is 6.61 Å². The SMILES string of the molecule is CCC(C(=O)NC1CCCC1)N(Cc1c(Cl)cccc1Cl)C(=O)COc1ccccc1C(C)C. The Kier molecular flexibility index (Phi) is 9.66. The van der Waals surface area contributed by atoms with E-state index in [-0.39, 0.29) is 36.9 Å². The molecule has 0 aromatic heterocycles. The number of halogens is 2. The normalized spacial score (nSPS) is 14.8. The molecular weight excluding hydrogens is 471 g/mol. The number of ether oxygens (including phenoxy) is 1. The van der Waals surface area contributed by atoms with E-state index in [0.717, 1.165) is 31.2 Å². The number of para-hydroxylation sites is 1. The van der Waals surface area contributed by atoms with Crippen molar-refractivity contribution in [2.24, 2.45) is 0 Å². The lowest BCUT2D eigenvalue weighted by Gasteiger charge is -2.32. The quantitative estimate of drug-likeness (QED) is 0.409. The van der Waals surface area contributed by atoms with Crippen molar-refractivity contribution < 1.29 is 14.3 Å². The summed E-state index contributed by atoms with van der Waals surface area (Å²) in [6.45, 7) is 6.01. The summed E-state index contributed by atoms with van der Waals surface area (Å²) in [5.41, 5.74) is 1.65. The fourth-order valence-electron chi connectivity index (χ4n) is 4.45. The van der Waals surface area contributed by atoms with Crippen molar-refractivity contribution in [2.45, 2.75) is 77.4 Å². The second kappa shape index (κ2) is 12.5. The van der Waals surface area contributed by atoms with Crippen LogP contribution in [0.4, 0.5) is 0 Å². The summed E-state index contributed by atoms with van der Waals surface area (Å²) in [5, 5.41) is 4.06. The number of amides is 2. The molecule has 1 fully saturated rings. The zero-order valence-electron chi connectivity index (χ0n) is 20.2. The predicted molar refractivity (Wildman–Crippen MR) is 138 cm³/mol. The number of carbonyl (C=O) groups excluding carboxylic acids is 2. The molecule has 1 aliphatic rings. The van der Waals surface area contributed by atoms with Gasteiger partial charge in [0.1, 0.15) is 11.8 Å². The van der Waals surface area contributed by atoms with Crippen LogP contribution in [0, 0.1) is 0 Å². The average molecular weight is 505 g/mol. The average Bonchev–Trinajstić information content (AvgIpc) is 3.32. The van der Waals surface area contributed by atoms with Gasteiger partial charge >= 0.3 is 0 Å². The Morgan fingerprint density at radius 2 is 1.71 bits per heavy atom. The number of hydrogen-bond donors (Lipinski definition) is 1. The molecular formula is C27H34Cl2N2O3. The first-order chi connectivity index (χ1) is 16.3. The maximum Gasteiger partial charge on any atom is 0.261 e. The van der Waals surface area contributed by atoms with Crippen LogP contribution < -0.4 is 10.1 Å². The second-order valence-electron chi connectivity index (χ2n) is 9.12. The molecule has 184 valence electrons. The third-order valence-corrected chi connectivity index (χ3v) is 7.08. The summed E-state index contributed by atoms with van der Waals surface area (Å²) in [5.74, 6) is 0.492. The molecule has 7 heteroatoms. The van der Waals surface area contributed by atoms with Gasteiger partial charge in [0.25, 0.3) is 5.91 Å². The van der Waals surface area contributed by atoms with Gasteiger partial charge in [-0.15, -0.1) is 0 Å². The lowest BCUT2D eigenvalue weighted by molar-refractivity contribution is -0.143. The Morgan fingerprint density at radius 3 is 2.32 bits per heavy atom. The van der Waals surface area contributed by atoms with Crippen LogP contribution in [0.3, 0.4) is 0 Å². The van der Waals surface area contributed by atoms with Gasteiger partial charge in [-0.1, -0.05) is 81.1 Å². The van der Waals surface area contributed by atoms with Gasteiger partial charge in [0, 0.05) is 28.2 Å². The van der Waals surface area contributed by atoms with E-state index in [1.165, 1.54) is 0 Å². The van der Waals surface area contributed by atoms with E-state index in [4.69, 9.17) is 27.9 Å². The number of nitrogens with zero attached hydrogens (tertiary/aromatic N) is 1. The number of rotatable bonds is 10. The molecule has 1 aliphatic carbocycles. The summed E-state index contributed by atoms with van der Waals surface area (Å²) in [6.07, 6.45) is 4.64. The van der Waals surface area contributed by atoms with E-state index in [9.17, 15) is 9.59 Å². The van der Waals surface area contributed by atoms with Crippen LogP contribution in [0.15, 0.2) is 42.5 Å². The minimum atomic E-state index is -0.649. The lowest BCUT2D eigenvalue weighted by Crippen LogP contribution is -2.52. The van der Waals surface area contributed by atoms with E-state index >= 15 is 0 Å². The Hall–Kier alpha value is -2.24. The molecule has 1 atom stereocenters. The van der Waals surface area contributed by atoms with E-state index in [2.05, 4.69) is 19.2 Å². The van der Waals surface area contributed by atoms with Crippen molar-refractivity contribution in [3.63, 3.8) is 0 Å². The van der Waals surface area contributed by atoms with E-state index in [1.807, 2.05) is 31.2 Å². The second-order valence-corrected chi connectivity index (χ2v) is 9.93. The third kappa shape index (κ3) is 6.67. The molecule has 2 amide bonds. The summed E-state index contributed by atoms with van der Waals surface area (Å²) < 4.78 is 5.96. The molecule has 3 rings (SSSR count). The molecule has 0 saturated heterocycles. The highest BCUT2D eigenvalue weighted by Gasteiger charge is 2.31. The fourth-order valence-corrected chi connectivity index (χ4v) is 4.97. The maximum absolute atomic E-state index is 13.5. The summed E-state index contributed by atoms with van der Waals surface area (Å²) in [4.78, 5) is 28.3. The molecule has 0 bridgehead atoms. The number of benzene rings is 2. The summed E-state index contributed by atoms with van der Waals surface area (Å²) in [7, 11) is 0. The number of nitrogens with one attached hydrogen (secondary N) is 1. The van der Waals surface area contributed by atoms with Gasteiger partial charge in [-0.05, 0) is 48.9 Å². The number of carbonyl (C=O) groups is 2. The molecule has 0 heterocycles. The van der Waals surface area contributed by atoms with Crippen LogP contribution in [0.5, 0.6) is 5.75 Å². The topological polar surface area (TPSA) is 58.6 Å². The first-order valence-corrected chi connectivity index (χ1v) is 12.8. The lowest BCUT2D eigenvalue weighted by atomic mass is 10.0. The van der Waals surface area contributed by atoms with Gasteiger partial charge in [-0.3, -0.25) is 9.59 Å². The zero-order valence-corrected chi connectivity index (χ0v) is 21.7. The molecule has 1 N–H and O–H groups in total. The minimum absolute atomic E-state index is 0.128. The molecule has 1 saturated carbocycles. The monoisotopic (exact) mass is 504 g/mol. The highest BCUT2D eigenvalue weighted by molar-refractivity contribution is 6.36. The van der Waals surface area contributed by atoms with E-state index < -0.39 is 6.04 Å². The van der Waals surface area contributed by atoms with E-state index in [1.54, 1.807) is 23.1 Å². The van der Waals surface area contributed by atoms with Crippen LogP contribution in [-0.4, -0.2) is 35.4 Å². The number of hydrogen-bond acceptors (Lipinski definition) is 3. The first kappa shape index (κ1) is 26.4. The highest BCUT2D eigenvalue weighted by atomic mass is 35.5. The minimum Gasteiger partial charge on any atom is -0.483 e. The molecule has 1 unspecified atom stereocenters. The molecule has 5 nitrogen and oxygen atoms in total. The van der Waals surface area contributed by atoms with Crippen molar-refractivity contribution >= 4 is 35.0 Å². The van der Waals surface area contributed by atoms with Crippen LogP contribution in [0.2, 0.25) is 10.0 Å². The third-order valence-electron chi connectivity index (χ3n) is 6.37. The molecule has 2 aromatic carbocycles. The van der Waals surface area contributed by atoms with Crippen molar-refractivity contribution in [2.75, 3.05) is 6.61 Å². The Labute approximate surface area is 212 Å². The van der Waals surface area contributed by atoms with Crippen molar-refractivity contribution in [3.8, 4) is 5.75 Å². The molecule has 0 radical (unpaired) electrons. The van der Waals surface area contributed by atoms with Crippen molar-refractivity contribution in [1.82, 2.24) is 10.2 Å². The summed E-state index contributed by atoms with van der Waals surface area (Å²) in [6, 6.07) is 12.4. The molecule has 0 aliphatic heterocycles. The largest absolute Gasteiger partial charge is 0.483 e. The zero-order chi connectivity index (χ0) is 24.7. The van der Waals surface area contributed by atoms with E-state index in [0.29, 0.717) is 27.8 Å². The van der Waals surface area contributed by atoms with Crippen LogP contribution in [-0.2, 0) is 16.1 Å². The first-order valence-electron chi connectivity index (χ1n) is 12.1. The highest BCUT2D eigenvalue weighted by Crippen LogP contribution is 2.29. The Balaban J connectivity index is 1.84. The maximum atomic E-state index is 13.5. The Bertz CT molecular complexity index is 969. The molecule has 34 heavy (non-hydrogen) atoms. The van der Waals surface area contributed by atoms with Gasteiger partial charge in [-0.25, -0.2) is 0 Å². The standard InChI is InChI=1S/C27H34Cl2N2O3/c1-4-24(27(33)30-19-10-5-6-11-19)31(16-21-22(28)13-9-14-23(21)29)26(32)17-34-25-15-8-7-12-20(25)18(2)3/h7-9,12-15,18-19,24H,4-6,10-11,16-17H2,1-3H3,(H,30,33).